The van der Waals surface area contributed by atoms with Gasteiger partial charge in [-0.15, -0.1) is 0 Å². The van der Waals surface area contributed by atoms with Crippen LogP contribution in [0.25, 0.3) is 10.9 Å². The molecule has 2 atom stereocenters. The van der Waals surface area contributed by atoms with Gasteiger partial charge in [0.05, 0.1) is 11.2 Å². The van der Waals surface area contributed by atoms with Crippen molar-refractivity contribution >= 4 is 10.9 Å². The summed E-state index contributed by atoms with van der Waals surface area (Å²) in [7, 11) is 1.99. The molecule has 0 bridgehead atoms. The summed E-state index contributed by atoms with van der Waals surface area (Å²) in [5.41, 5.74) is 2.29. The predicted molar refractivity (Wildman–Crippen MR) is 80.3 cm³/mol. The Labute approximate surface area is 119 Å². The number of aliphatic hydroxyl groups is 1. The number of hydrogen-bond donors (Lipinski definition) is 2. The summed E-state index contributed by atoms with van der Waals surface area (Å²) in [6, 6.07) is 8.34. The van der Waals surface area contributed by atoms with E-state index in [9.17, 15) is 5.11 Å². The van der Waals surface area contributed by atoms with Crippen molar-refractivity contribution in [2.24, 2.45) is 18.9 Å². The summed E-state index contributed by atoms with van der Waals surface area (Å²) in [6.07, 6.45) is 3.67. The summed E-state index contributed by atoms with van der Waals surface area (Å²) < 4.78 is 1.94. The minimum absolute atomic E-state index is 0.332. The molecule has 1 heterocycles. The van der Waals surface area contributed by atoms with Gasteiger partial charge < -0.3 is 10.4 Å². The maximum Gasteiger partial charge on any atom is 0.0841 e. The van der Waals surface area contributed by atoms with Crippen molar-refractivity contribution in [3.05, 3.63) is 30.0 Å². The maximum atomic E-state index is 9.35. The molecule has 0 spiro atoms. The fourth-order valence-electron chi connectivity index (χ4n) is 3.42. The van der Waals surface area contributed by atoms with Gasteiger partial charge in [-0.1, -0.05) is 24.6 Å². The van der Waals surface area contributed by atoms with Gasteiger partial charge in [0.15, 0.2) is 0 Å². The predicted octanol–water partition coefficient (Wildman–Crippen LogP) is 2.07. The Kier molecular flexibility index (Phi) is 4.03. The van der Waals surface area contributed by atoms with Crippen molar-refractivity contribution in [2.75, 3.05) is 13.2 Å². The molecule has 2 N–H and O–H groups in total. The van der Waals surface area contributed by atoms with Crippen molar-refractivity contribution in [1.29, 1.82) is 0 Å². The molecule has 1 saturated carbocycles. The van der Waals surface area contributed by atoms with Crippen LogP contribution in [0.1, 0.15) is 25.0 Å². The summed E-state index contributed by atoms with van der Waals surface area (Å²) >= 11 is 0. The van der Waals surface area contributed by atoms with Gasteiger partial charge in [0.1, 0.15) is 0 Å². The van der Waals surface area contributed by atoms with Crippen LogP contribution in [-0.2, 0) is 13.6 Å². The van der Waals surface area contributed by atoms with E-state index >= 15 is 0 Å². The molecule has 1 aromatic carbocycles. The molecule has 1 fully saturated rings. The molecule has 2 unspecified atom stereocenters. The molecule has 1 aromatic heterocycles. The molecular formula is C16H23N3O. The Morgan fingerprint density at radius 1 is 1.30 bits per heavy atom. The van der Waals surface area contributed by atoms with Gasteiger partial charge in [-0.25, -0.2) is 0 Å². The van der Waals surface area contributed by atoms with Gasteiger partial charge in [-0.3, -0.25) is 4.68 Å². The third kappa shape index (κ3) is 2.58. The summed E-state index contributed by atoms with van der Waals surface area (Å²) in [5.74, 6) is 1.11. The Balaban J connectivity index is 1.63. The molecule has 4 heteroatoms. The third-order valence-corrected chi connectivity index (χ3v) is 4.58. The number of aryl methyl sites for hydroxylation is 1. The second-order valence-corrected chi connectivity index (χ2v) is 5.85. The molecule has 4 nitrogen and oxygen atoms in total. The highest BCUT2D eigenvalue weighted by Gasteiger charge is 2.26. The van der Waals surface area contributed by atoms with Crippen molar-refractivity contribution in [2.45, 2.75) is 25.8 Å². The first kappa shape index (κ1) is 13.6. The smallest absolute Gasteiger partial charge is 0.0841 e. The molecule has 0 radical (unpaired) electrons. The Morgan fingerprint density at radius 3 is 2.95 bits per heavy atom. The first-order valence-electron chi connectivity index (χ1n) is 7.51. The maximum absolute atomic E-state index is 9.35. The van der Waals surface area contributed by atoms with E-state index in [1.807, 2.05) is 17.8 Å². The second kappa shape index (κ2) is 5.94. The van der Waals surface area contributed by atoms with Crippen LogP contribution in [0, 0.1) is 11.8 Å². The highest BCUT2D eigenvalue weighted by Crippen LogP contribution is 2.30. The number of benzene rings is 1. The normalized spacial score (nSPS) is 22.7. The lowest BCUT2D eigenvalue weighted by molar-refractivity contribution is 0.192. The number of aromatic nitrogens is 2. The third-order valence-electron chi connectivity index (χ3n) is 4.58. The van der Waals surface area contributed by atoms with Crippen LogP contribution in [0.15, 0.2) is 24.3 Å². The summed E-state index contributed by atoms with van der Waals surface area (Å²) in [6.45, 7) is 2.12. The lowest BCUT2D eigenvalue weighted by Gasteiger charge is -2.17. The van der Waals surface area contributed by atoms with Gasteiger partial charge >= 0.3 is 0 Å². The second-order valence-electron chi connectivity index (χ2n) is 5.85. The van der Waals surface area contributed by atoms with Crippen LogP contribution < -0.4 is 5.32 Å². The zero-order chi connectivity index (χ0) is 13.9. The molecule has 2 aromatic rings. The standard InChI is InChI=1S/C16H23N3O/c1-19-16-8-3-2-7-14(16)15(18-19)10-17-9-12-5-4-6-13(12)11-20/h2-3,7-8,12-13,17,20H,4-6,9-11H2,1H3. The fraction of sp³-hybridized carbons (Fsp3) is 0.562. The molecule has 0 aliphatic heterocycles. The molecule has 1 aliphatic rings. The van der Waals surface area contributed by atoms with E-state index in [1.165, 1.54) is 30.2 Å². The van der Waals surface area contributed by atoms with Crippen molar-refractivity contribution < 1.29 is 5.11 Å². The topological polar surface area (TPSA) is 50.1 Å². The number of fused-ring (bicyclic) bond motifs is 1. The number of nitrogens with one attached hydrogen (secondary N) is 1. The zero-order valence-corrected chi connectivity index (χ0v) is 12.0. The molecule has 3 rings (SSSR count). The number of para-hydroxylation sites is 1. The molecule has 20 heavy (non-hydrogen) atoms. The highest BCUT2D eigenvalue weighted by molar-refractivity contribution is 5.81. The van der Waals surface area contributed by atoms with Crippen molar-refractivity contribution in [3.63, 3.8) is 0 Å². The van der Waals surface area contributed by atoms with E-state index in [1.54, 1.807) is 0 Å². The summed E-state index contributed by atoms with van der Waals surface area (Å²) in [5, 5.41) is 18.7. The Bertz CT molecular complexity index is 578. The molecule has 108 valence electrons. The van der Waals surface area contributed by atoms with E-state index in [0.29, 0.717) is 18.4 Å². The van der Waals surface area contributed by atoms with E-state index in [4.69, 9.17) is 0 Å². The molecule has 0 amide bonds. The first-order valence-corrected chi connectivity index (χ1v) is 7.51. The SMILES string of the molecule is Cn1nc(CNCC2CCCC2CO)c2ccccc21. The van der Waals surface area contributed by atoms with Crippen LogP contribution in [0.2, 0.25) is 0 Å². The Morgan fingerprint density at radius 2 is 2.10 bits per heavy atom. The molecule has 0 saturated heterocycles. The van der Waals surface area contributed by atoms with E-state index in [-0.39, 0.29) is 0 Å². The lowest BCUT2D eigenvalue weighted by atomic mass is 9.97. The van der Waals surface area contributed by atoms with Crippen LogP contribution >= 0.6 is 0 Å². The largest absolute Gasteiger partial charge is 0.396 e. The minimum Gasteiger partial charge on any atom is -0.396 e. The van der Waals surface area contributed by atoms with Crippen LogP contribution in [0.4, 0.5) is 0 Å². The van der Waals surface area contributed by atoms with Gasteiger partial charge in [-0.2, -0.15) is 5.10 Å². The number of aliphatic hydroxyl groups excluding tert-OH is 1. The number of hydrogen-bond acceptors (Lipinski definition) is 3. The summed E-state index contributed by atoms with van der Waals surface area (Å²) in [4.78, 5) is 0. The first-order chi connectivity index (χ1) is 9.79. The van der Waals surface area contributed by atoms with Gasteiger partial charge in [-0.05, 0) is 37.3 Å². The van der Waals surface area contributed by atoms with Gasteiger partial charge in [0, 0.05) is 25.6 Å². The van der Waals surface area contributed by atoms with E-state index in [2.05, 4.69) is 28.6 Å². The van der Waals surface area contributed by atoms with Crippen molar-refractivity contribution in [3.8, 4) is 0 Å². The zero-order valence-electron chi connectivity index (χ0n) is 12.0. The number of rotatable bonds is 5. The highest BCUT2D eigenvalue weighted by atomic mass is 16.3. The van der Waals surface area contributed by atoms with Gasteiger partial charge in [0.25, 0.3) is 0 Å². The molecule has 1 aliphatic carbocycles. The monoisotopic (exact) mass is 273 g/mol. The fourth-order valence-corrected chi connectivity index (χ4v) is 3.42. The van der Waals surface area contributed by atoms with Crippen LogP contribution in [-0.4, -0.2) is 28.0 Å². The van der Waals surface area contributed by atoms with E-state index in [0.717, 1.165) is 18.8 Å². The van der Waals surface area contributed by atoms with E-state index < -0.39 is 0 Å². The quantitative estimate of drug-likeness (QED) is 0.877. The Hall–Kier alpha value is -1.39. The van der Waals surface area contributed by atoms with Crippen LogP contribution in [0.5, 0.6) is 0 Å². The van der Waals surface area contributed by atoms with Gasteiger partial charge in [0.2, 0.25) is 0 Å². The average molecular weight is 273 g/mol. The van der Waals surface area contributed by atoms with Crippen LogP contribution in [0.3, 0.4) is 0 Å². The average Bonchev–Trinajstić information content (AvgIpc) is 3.05. The minimum atomic E-state index is 0.332. The lowest BCUT2D eigenvalue weighted by Crippen LogP contribution is -2.26. The molecular weight excluding hydrogens is 250 g/mol. The van der Waals surface area contributed by atoms with Crippen molar-refractivity contribution in [1.82, 2.24) is 15.1 Å². The number of nitrogens with zero attached hydrogens (tertiary/aromatic N) is 2.